The molecule has 1 aliphatic heterocycles. The van der Waals surface area contributed by atoms with Crippen LogP contribution in [0.3, 0.4) is 0 Å². The number of benzene rings is 1. The fourth-order valence-corrected chi connectivity index (χ4v) is 3.95. The summed E-state index contributed by atoms with van der Waals surface area (Å²) in [7, 11) is 1.68. The van der Waals surface area contributed by atoms with Gasteiger partial charge in [0.05, 0.1) is 5.01 Å². The average Bonchev–Trinajstić information content (AvgIpc) is 3.16. The molecule has 1 aliphatic rings. The van der Waals surface area contributed by atoms with Gasteiger partial charge in [-0.25, -0.2) is 4.98 Å². The van der Waals surface area contributed by atoms with Crippen LogP contribution < -0.4 is 10.6 Å². The highest BCUT2D eigenvalue weighted by atomic mass is 32.1. The molecule has 0 unspecified atom stereocenters. The standard InChI is InChI=1S/C19H24F3N5S/c1-23-18(24-8-6-17-26-16(13-28-17)19(20,21)22)25-9-11-27-10-7-14-4-2-3-5-15(14)12-27/h2-5,13H,6-12H2,1H3,(H2,23,24,25). The summed E-state index contributed by atoms with van der Waals surface area (Å²) in [6, 6.07) is 8.53. The lowest BCUT2D eigenvalue weighted by molar-refractivity contribution is -0.140. The number of thiazole rings is 1. The first-order valence-electron chi connectivity index (χ1n) is 9.21. The molecule has 0 atom stereocenters. The Balaban J connectivity index is 1.37. The number of aromatic nitrogens is 1. The Hall–Kier alpha value is -2.13. The van der Waals surface area contributed by atoms with Crippen molar-refractivity contribution in [2.45, 2.75) is 25.6 Å². The maximum Gasteiger partial charge on any atom is 0.434 e. The molecule has 0 fully saturated rings. The smallest absolute Gasteiger partial charge is 0.356 e. The van der Waals surface area contributed by atoms with Crippen LogP contribution in [-0.4, -0.2) is 49.1 Å². The van der Waals surface area contributed by atoms with Crippen molar-refractivity contribution in [1.29, 1.82) is 0 Å². The quantitative estimate of drug-likeness (QED) is 0.567. The van der Waals surface area contributed by atoms with Crippen LogP contribution in [0.25, 0.3) is 0 Å². The van der Waals surface area contributed by atoms with E-state index in [0.29, 0.717) is 23.9 Å². The number of nitrogens with zero attached hydrogens (tertiary/aromatic N) is 3. The predicted molar refractivity (Wildman–Crippen MR) is 106 cm³/mol. The number of hydrogen-bond donors (Lipinski definition) is 2. The number of alkyl halides is 3. The van der Waals surface area contributed by atoms with Crippen LogP contribution in [0.2, 0.25) is 0 Å². The van der Waals surface area contributed by atoms with Gasteiger partial charge in [0.1, 0.15) is 0 Å². The van der Waals surface area contributed by atoms with Crippen LogP contribution in [0.5, 0.6) is 0 Å². The largest absolute Gasteiger partial charge is 0.434 e. The zero-order valence-electron chi connectivity index (χ0n) is 15.7. The third kappa shape index (κ3) is 5.68. The minimum atomic E-state index is -4.38. The van der Waals surface area contributed by atoms with Crippen molar-refractivity contribution in [3.63, 3.8) is 0 Å². The Morgan fingerprint density at radius 2 is 1.96 bits per heavy atom. The molecule has 0 saturated heterocycles. The lowest BCUT2D eigenvalue weighted by Crippen LogP contribution is -2.43. The van der Waals surface area contributed by atoms with Gasteiger partial charge in [-0.1, -0.05) is 24.3 Å². The molecule has 0 bridgehead atoms. The normalized spacial score (nSPS) is 15.4. The predicted octanol–water partition coefficient (Wildman–Crippen LogP) is 2.93. The van der Waals surface area contributed by atoms with Crippen molar-refractivity contribution in [2.75, 3.05) is 33.2 Å². The molecule has 9 heteroatoms. The van der Waals surface area contributed by atoms with E-state index in [2.05, 4.69) is 49.8 Å². The van der Waals surface area contributed by atoms with E-state index in [0.717, 1.165) is 49.3 Å². The second-order valence-corrected chi connectivity index (χ2v) is 7.54. The molecule has 28 heavy (non-hydrogen) atoms. The van der Waals surface area contributed by atoms with Crippen molar-refractivity contribution < 1.29 is 13.2 Å². The first kappa shape index (κ1) is 20.6. The molecule has 2 N–H and O–H groups in total. The summed E-state index contributed by atoms with van der Waals surface area (Å²) in [4.78, 5) is 10.2. The monoisotopic (exact) mass is 411 g/mol. The van der Waals surface area contributed by atoms with Gasteiger partial charge >= 0.3 is 6.18 Å². The molecule has 0 amide bonds. The molecule has 0 spiro atoms. The van der Waals surface area contributed by atoms with E-state index in [1.807, 2.05) is 0 Å². The van der Waals surface area contributed by atoms with Gasteiger partial charge < -0.3 is 10.6 Å². The van der Waals surface area contributed by atoms with Crippen molar-refractivity contribution in [2.24, 2.45) is 4.99 Å². The highest BCUT2D eigenvalue weighted by molar-refractivity contribution is 7.09. The fourth-order valence-electron chi connectivity index (χ4n) is 3.14. The van der Waals surface area contributed by atoms with E-state index in [1.165, 1.54) is 11.1 Å². The second kappa shape index (κ2) is 9.38. The van der Waals surface area contributed by atoms with E-state index < -0.39 is 11.9 Å². The van der Waals surface area contributed by atoms with E-state index in [1.54, 1.807) is 7.05 Å². The fraction of sp³-hybridized carbons (Fsp3) is 0.474. The van der Waals surface area contributed by atoms with E-state index in [4.69, 9.17) is 0 Å². The second-order valence-electron chi connectivity index (χ2n) is 6.59. The Kier molecular flexibility index (Phi) is 6.90. The minimum absolute atomic E-state index is 0.421. The lowest BCUT2D eigenvalue weighted by atomic mass is 10.00. The highest BCUT2D eigenvalue weighted by Crippen LogP contribution is 2.30. The molecule has 0 saturated carbocycles. The molecule has 0 aliphatic carbocycles. The number of nitrogens with one attached hydrogen (secondary N) is 2. The maximum atomic E-state index is 12.6. The molecule has 5 nitrogen and oxygen atoms in total. The average molecular weight is 411 g/mol. The van der Waals surface area contributed by atoms with Gasteiger partial charge in [0, 0.05) is 51.6 Å². The van der Waals surface area contributed by atoms with Gasteiger partial charge in [-0.2, -0.15) is 13.2 Å². The first-order chi connectivity index (χ1) is 13.5. The number of hydrogen-bond acceptors (Lipinski definition) is 4. The number of fused-ring (bicyclic) bond motifs is 1. The van der Waals surface area contributed by atoms with Gasteiger partial charge in [-0.3, -0.25) is 9.89 Å². The molecular weight excluding hydrogens is 387 g/mol. The maximum absolute atomic E-state index is 12.6. The van der Waals surface area contributed by atoms with Crippen LogP contribution in [-0.2, 0) is 25.6 Å². The summed E-state index contributed by atoms with van der Waals surface area (Å²) in [5, 5.41) is 7.90. The lowest BCUT2D eigenvalue weighted by Gasteiger charge is -2.28. The Morgan fingerprint density at radius 1 is 1.21 bits per heavy atom. The third-order valence-electron chi connectivity index (χ3n) is 4.63. The number of rotatable bonds is 6. The molecule has 3 rings (SSSR count). The molecule has 152 valence electrons. The Morgan fingerprint density at radius 3 is 2.68 bits per heavy atom. The van der Waals surface area contributed by atoms with E-state index >= 15 is 0 Å². The van der Waals surface area contributed by atoms with Crippen molar-refractivity contribution in [3.8, 4) is 0 Å². The molecule has 2 heterocycles. The molecular formula is C19H24F3N5S. The first-order valence-corrected chi connectivity index (χ1v) is 10.1. The summed E-state index contributed by atoms with van der Waals surface area (Å²) in [6.07, 6.45) is -2.89. The number of aliphatic imine (C=N–C) groups is 1. The van der Waals surface area contributed by atoms with E-state index in [9.17, 15) is 13.2 Å². The van der Waals surface area contributed by atoms with Gasteiger partial charge in [-0.05, 0) is 17.5 Å². The van der Waals surface area contributed by atoms with Crippen molar-refractivity contribution >= 4 is 17.3 Å². The minimum Gasteiger partial charge on any atom is -0.356 e. The molecule has 2 aromatic rings. The summed E-state index contributed by atoms with van der Waals surface area (Å²) >= 11 is 1.03. The van der Waals surface area contributed by atoms with Gasteiger partial charge in [0.15, 0.2) is 11.7 Å². The van der Waals surface area contributed by atoms with Crippen molar-refractivity contribution in [1.82, 2.24) is 20.5 Å². The summed E-state index contributed by atoms with van der Waals surface area (Å²) < 4.78 is 37.7. The molecule has 1 aromatic heterocycles. The summed E-state index contributed by atoms with van der Waals surface area (Å²) in [5.74, 6) is 0.644. The van der Waals surface area contributed by atoms with Gasteiger partial charge in [0.25, 0.3) is 0 Å². The van der Waals surface area contributed by atoms with Crippen LogP contribution in [0.1, 0.15) is 21.8 Å². The van der Waals surface area contributed by atoms with Crippen LogP contribution >= 0.6 is 11.3 Å². The van der Waals surface area contributed by atoms with Crippen LogP contribution in [0.4, 0.5) is 13.2 Å². The van der Waals surface area contributed by atoms with Crippen molar-refractivity contribution in [3.05, 3.63) is 51.5 Å². The molecule has 1 aromatic carbocycles. The Bertz CT molecular complexity index is 803. The number of halogens is 3. The van der Waals surface area contributed by atoms with Crippen LogP contribution in [0.15, 0.2) is 34.6 Å². The van der Waals surface area contributed by atoms with E-state index in [-0.39, 0.29) is 0 Å². The summed E-state index contributed by atoms with van der Waals surface area (Å²) in [6.45, 7) is 4.11. The highest BCUT2D eigenvalue weighted by Gasteiger charge is 2.33. The van der Waals surface area contributed by atoms with Crippen LogP contribution in [0, 0.1) is 0 Å². The van der Waals surface area contributed by atoms with Gasteiger partial charge in [0.2, 0.25) is 0 Å². The third-order valence-corrected chi connectivity index (χ3v) is 5.54. The SMILES string of the molecule is CN=C(NCCc1nc(C(F)(F)F)cs1)NCCN1CCc2ccccc2C1. The Labute approximate surface area is 166 Å². The van der Waals surface area contributed by atoms with Gasteiger partial charge in [-0.15, -0.1) is 11.3 Å². The summed E-state index contributed by atoms with van der Waals surface area (Å²) in [5.41, 5.74) is 2.00. The molecule has 0 radical (unpaired) electrons. The topological polar surface area (TPSA) is 52.6 Å². The number of guanidine groups is 1. The zero-order valence-corrected chi connectivity index (χ0v) is 16.5. The zero-order chi connectivity index (χ0) is 20.0.